The van der Waals surface area contributed by atoms with Crippen LogP contribution in [0.25, 0.3) is 0 Å². The number of aromatic nitrogens is 3. The fourth-order valence-corrected chi connectivity index (χ4v) is 1.62. The molecule has 1 aromatic carbocycles. The molecule has 2 aromatic rings. The van der Waals surface area contributed by atoms with E-state index < -0.39 is 5.82 Å². The van der Waals surface area contributed by atoms with Crippen LogP contribution in [0.5, 0.6) is 6.01 Å². The first-order valence-corrected chi connectivity index (χ1v) is 6.26. The smallest absolute Gasteiger partial charge is 0.322 e. The summed E-state index contributed by atoms with van der Waals surface area (Å²) in [5.41, 5.74) is 0.363. The van der Waals surface area contributed by atoms with Crippen LogP contribution in [0.1, 0.15) is 6.92 Å². The SMILES string of the molecule is CCNc1nc(Nc2cc(F)ccc2Cl)nc(OC)n1. The molecule has 6 nitrogen and oxygen atoms in total. The number of hydrogen-bond acceptors (Lipinski definition) is 6. The number of anilines is 3. The number of nitrogens with zero attached hydrogens (tertiary/aromatic N) is 3. The van der Waals surface area contributed by atoms with E-state index >= 15 is 0 Å². The zero-order valence-corrected chi connectivity index (χ0v) is 11.7. The van der Waals surface area contributed by atoms with Crippen molar-refractivity contribution in [3.05, 3.63) is 29.0 Å². The highest BCUT2D eigenvalue weighted by molar-refractivity contribution is 6.33. The Morgan fingerprint density at radius 3 is 2.70 bits per heavy atom. The van der Waals surface area contributed by atoms with Gasteiger partial charge in [0.15, 0.2) is 0 Å². The molecule has 0 amide bonds. The van der Waals surface area contributed by atoms with E-state index in [-0.39, 0.29) is 12.0 Å². The van der Waals surface area contributed by atoms with Crippen molar-refractivity contribution in [2.75, 3.05) is 24.3 Å². The van der Waals surface area contributed by atoms with Crippen molar-refractivity contribution < 1.29 is 9.13 Å². The molecule has 106 valence electrons. The van der Waals surface area contributed by atoms with Gasteiger partial charge in [0.1, 0.15) is 5.82 Å². The van der Waals surface area contributed by atoms with E-state index in [0.29, 0.717) is 23.2 Å². The summed E-state index contributed by atoms with van der Waals surface area (Å²) in [6.07, 6.45) is 0. The number of benzene rings is 1. The highest BCUT2D eigenvalue weighted by atomic mass is 35.5. The van der Waals surface area contributed by atoms with E-state index in [1.54, 1.807) is 0 Å². The fraction of sp³-hybridized carbons (Fsp3) is 0.250. The van der Waals surface area contributed by atoms with Gasteiger partial charge in [-0.1, -0.05) is 11.6 Å². The number of rotatable bonds is 5. The summed E-state index contributed by atoms with van der Waals surface area (Å²) in [7, 11) is 1.45. The summed E-state index contributed by atoms with van der Waals surface area (Å²) < 4.78 is 18.2. The molecule has 0 bridgehead atoms. The number of halogens is 2. The van der Waals surface area contributed by atoms with Crippen molar-refractivity contribution in [3.8, 4) is 6.01 Å². The molecule has 0 saturated heterocycles. The van der Waals surface area contributed by atoms with Crippen molar-refractivity contribution in [1.82, 2.24) is 15.0 Å². The highest BCUT2D eigenvalue weighted by Gasteiger charge is 2.09. The molecule has 0 fully saturated rings. The zero-order valence-electron chi connectivity index (χ0n) is 10.9. The monoisotopic (exact) mass is 297 g/mol. The second kappa shape index (κ2) is 6.33. The average Bonchev–Trinajstić information content (AvgIpc) is 2.43. The van der Waals surface area contributed by atoms with Gasteiger partial charge in [0.05, 0.1) is 17.8 Å². The van der Waals surface area contributed by atoms with Crippen LogP contribution in [0.15, 0.2) is 18.2 Å². The van der Waals surface area contributed by atoms with Crippen LogP contribution in [0.3, 0.4) is 0 Å². The maximum atomic E-state index is 13.2. The average molecular weight is 298 g/mol. The second-order valence-corrected chi connectivity index (χ2v) is 4.16. The molecule has 0 radical (unpaired) electrons. The van der Waals surface area contributed by atoms with Gasteiger partial charge in [-0.2, -0.15) is 15.0 Å². The summed E-state index contributed by atoms with van der Waals surface area (Å²) in [6.45, 7) is 2.56. The van der Waals surface area contributed by atoms with E-state index in [1.807, 2.05) is 6.92 Å². The molecule has 8 heteroatoms. The topological polar surface area (TPSA) is 72.0 Å². The Morgan fingerprint density at radius 1 is 1.25 bits per heavy atom. The molecule has 20 heavy (non-hydrogen) atoms. The van der Waals surface area contributed by atoms with Crippen LogP contribution in [0, 0.1) is 5.82 Å². The van der Waals surface area contributed by atoms with Gasteiger partial charge < -0.3 is 15.4 Å². The summed E-state index contributed by atoms with van der Waals surface area (Å²) in [4.78, 5) is 12.2. The largest absolute Gasteiger partial charge is 0.467 e. The molecule has 0 aliphatic rings. The van der Waals surface area contributed by atoms with Crippen LogP contribution in [-0.4, -0.2) is 28.6 Å². The van der Waals surface area contributed by atoms with Crippen molar-refractivity contribution in [2.45, 2.75) is 6.92 Å². The number of nitrogens with one attached hydrogen (secondary N) is 2. The van der Waals surface area contributed by atoms with Crippen LogP contribution >= 0.6 is 11.6 Å². The predicted octanol–water partition coefficient (Wildman–Crippen LogP) is 2.85. The van der Waals surface area contributed by atoms with Crippen molar-refractivity contribution in [1.29, 1.82) is 0 Å². The first-order chi connectivity index (χ1) is 9.62. The molecule has 0 spiro atoms. The molecule has 0 aliphatic carbocycles. The van der Waals surface area contributed by atoms with E-state index in [0.717, 1.165) is 0 Å². The standard InChI is InChI=1S/C12H13ClFN5O/c1-3-15-10-17-11(19-12(18-10)20-2)16-9-6-7(14)4-5-8(9)13/h4-6H,3H2,1-2H3,(H2,15,16,17,18,19). The molecule has 2 rings (SSSR count). The van der Waals surface area contributed by atoms with Gasteiger partial charge in [0, 0.05) is 6.54 Å². The Bertz CT molecular complexity index is 610. The van der Waals surface area contributed by atoms with Crippen LogP contribution in [-0.2, 0) is 0 Å². The van der Waals surface area contributed by atoms with Crippen molar-refractivity contribution in [3.63, 3.8) is 0 Å². The Balaban J connectivity index is 2.32. The minimum atomic E-state index is -0.412. The molecule has 0 atom stereocenters. The molecule has 1 aromatic heterocycles. The van der Waals surface area contributed by atoms with Gasteiger partial charge in [-0.3, -0.25) is 0 Å². The summed E-state index contributed by atoms with van der Waals surface area (Å²) >= 11 is 5.97. The number of ether oxygens (including phenoxy) is 1. The molecule has 0 aliphatic heterocycles. The number of methoxy groups -OCH3 is 1. The third kappa shape index (κ3) is 3.45. The lowest BCUT2D eigenvalue weighted by atomic mass is 10.3. The van der Waals surface area contributed by atoms with E-state index in [1.165, 1.54) is 25.3 Å². The maximum absolute atomic E-state index is 13.2. The van der Waals surface area contributed by atoms with E-state index in [2.05, 4.69) is 25.6 Å². The lowest BCUT2D eigenvalue weighted by Gasteiger charge is -2.09. The fourth-order valence-electron chi connectivity index (χ4n) is 1.45. The maximum Gasteiger partial charge on any atom is 0.322 e. The molecule has 0 saturated carbocycles. The van der Waals surface area contributed by atoms with Gasteiger partial charge in [0.2, 0.25) is 11.9 Å². The van der Waals surface area contributed by atoms with Gasteiger partial charge in [-0.15, -0.1) is 0 Å². The minimum absolute atomic E-state index is 0.144. The Labute approximate surface area is 120 Å². The Kier molecular flexibility index (Phi) is 4.52. The molecule has 2 N–H and O–H groups in total. The van der Waals surface area contributed by atoms with Crippen molar-refractivity contribution >= 4 is 29.2 Å². The van der Waals surface area contributed by atoms with E-state index in [4.69, 9.17) is 16.3 Å². The van der Waals surface area contributed by atoms with Crippen molar-refractivity contribution in [2.24, 2.45) is 0 Å². The van der Waals surface area contributed by atoms with Gasteiger partial charge in [-0.05, 0) is 25.1 Å². The quantitative estimate of drug-likeness (QED) is 0.884. The van der Waals surface area contributed by atoms with E-state index in [9.17, 15) is 4.39 Å². The summed E-state index contributed by atoms with van der Waals surface area (Å²) in [5.74, 6) is 0.152. The molecular formula is C12H13ClFN5O. The van der Waals surface area contributed by atoms with Crippen LogP contribution < -0.4 is 15.4 Å². The first kappa shape index (κ1) is 14.3. The second-order valence-electron chi connectivity index (χ2n) is 3.75. The molecule has 0 unspecified atom stereocenters. The normalized spacial score (nSPS) is 10.2. The lowest BCUT2D eigenvalue weighted by Crippen LogP contribution is -2.08. The molecule has 1 heterocycles. The van der Waals surface area contributed by atoms with Gasteiger partial charge >= 0.3 is 6.01 Å². The Morgan fingerprint density at radius 2 is 2.00 bits per heavy atom. The first-order valence-electron chi connectivity index (χ1n) is 5.88. The lowest BCUT2D eigenvalue weighted by molar-refractivity contribution is 0.379. The third-order valence-electron chi connectivity index (χ3n) is 2.31. The third-order valence-corrected chi connectivity index (χ3v) is 2.64. The van der Waals surface area contributed by atoms with Gasteiger partial charge in [0.25, 0.3) is 0 Å². The summed E-state index contributed by atoms with van der Waals surface area (Å²) in [6, 6.07) is 4.12. The predicted molar refractivity (Wildman–Crippen MR) is 75.2 cm³/mol. The van der Waals surface area contributed by atoms with Crippen LogP contribution in [0.4, 0.5) is 22.0 Å². The zero-order chi connectivity index (χ0) is 14.5. The summed E-state index contributed by atoms with van der Waals surface area (Å²) in [5, 5.41) is 6.13. The number of hydrogen-bond donors (Lipinski definition) is 2. The van der Waals surface area contributed by atoms with Gasteiger partial charge in [-0.25, -0.2) is 4.39 Å². The highest BCUT2D eigenvalue weighted by Crippen LogP contribution is 2.25. The molecular weight excluding hydrogens is 285 g/mol. The minimum Gasteiger partial charge on any atom is -0.467 e. The Hall–Kier alpha value is -2.15. The van der Waals surface area contributed by atoms with Crippen LogP contribution in [0.2, 0.25) is 5.02 Å².